The highest BCUT2D eigenvalue weighted by Crippen LogP contribution is 2.29. The Hall–Kier alpha value is -2.31. The number of nitrogens with one attached hydrogen (secondary N) is 2. The summed E-state index contributed by atoms with van der Waals surface area (Å²) in [4.78, 5) is 29.7. The topological polar surface area (TPSA) is 83.6 Å². The van der Waals surface area contributed by atoms with Crippen LogP contribution in [-0.2, 0) is 11.3 Å². The normalized spacial score (nSPS) is 24.0. The van der Waals surface area contributed by atoms with Crippen LogP contribution in [0.4, 0.5) is 9.59 Å². The number of pyridine rings is 1. The lowest BCUT2D eigenvalue weighted by molar-refractivity contribution is 0.0453. The number of carbonyl (C=O) groups is 2. The summed E-state index contributed by atoms with van der Waals surface area (Å²) in [6.45, 7) is 4.19. The van der Waals surface area contributed by atoms with Crippen LogP contribution in [0.2, 0.25) is 0 Å². The van der Waals surface area contributed by atoms with Crippen molar-refractivity contribution in [2.24, 2.45) is 0 Å². The van der Waals surface area contributed by atoms with E-state index in [1.54, 1.807) is 11.1 Å². The summed E-state index contributed by atoms with van der Waals surface area (Å²) in [5.41, 5.74) is 1.50. The zero-order chi connectivity index (χ0) is 16.3. The van der Waals surface area contributed by atoms with E-state index in [-0.39, 0.29) is 12.1 Å². The van der Waals surface area contributed by atoms with Gasteiger partial charge >= 0.3 is 12.1 Å². The molecule has 3 heterocycles. The van der Waals surface area contributed by atoms with Crippen LogP contribution in [0.5, 0.6) is 0 Å². The lowest BCUT2D eigenvalue weighted by atomic mass is 9.95. The zero-order valence-electron chi connectivity index (χ0n) is 13.3. The van der Waals surface area contributed by atoms with Crippen LogP contribution < -0.4 is 10.6 Å². The Bertz CT molecular complexity index is 607. The quantitative estimate of drug-likeness (QED) is 0.867. The van der Waals surface area contributed by atoms with Crippen molar-refractivity contribution in [3.8, 4) is 0 Å². The number of hydrogen-bond acceptors (Lipinski definition) is 4. The van der Waals surface area contributed by atoms with Gasteiger partial charge in [-0.15, -0.1) is 0 Å². The number of amides is 3. The Morgan fingerprint density at radius 1 is 1.48 bits per heavy atom. The molecular formula is C16H22N4O3. The first-order valence-corrected chi connectivity index (χ1v) is 7.98. The molecule has 2 fully saturated rings. The highest BCUT2D eigenvalue weighted by Gasteiger charge is 2.41. The molecule has 1 aromatic heterocycles. The number of urea groups is 1. The van der Waals surface area contributed by atoms with Gasteiger partial charge in [-0.25, -0.2) is 9.59 Å². The number of hydrogen-bond donors (Lipinski definition) is 2. The maximum atomic E-state index is 12.4. The number of alkyl carbamates (subject to hydrolysis) is 1. The molecule has 0 unspecified atom stereocenters. The molecule has 0 aromatic carbocycles. The summed E-state index contributed by atoms with van der Waals surface area (Å²) in [5.74, 6) is 0. The number of likely N-dealkylation sites (tertiary alicyclic amines) is 1. The second-order valence-electron chi connectivity index (χ2n) is 6.19. The van der Waals surface area contributed by atoms with Crippen LogP contribution in [0.25, 0.3) is 0 Å². The molecule has 2 saturated heterocycles. The number of ether oxygens (including phenoxy) is 1. The van der Waals surface area contributed by atoms with E-state index in [1.807, 2.05) is 19.1 Å². The van der Waals surface area contributed by atoms with Gasteiger partial charge in [0.05, 0.1) is 18.8 Å². The van der Waals surface area contributed by atoms with Crippen molar-refractivity contribution in [1.29, 1.82) is 0 Å². The molecule has 2 N–H and O–H groups in total. The van der Waals surface area contributed by atoms with E-state index in [2.05, 4.69) is 15.6 Å². The van der Waals surface area contributed by atoms with Gasteiger partial charge in [0, 0.05) is 25.7 Å². The summed E-state index contributed by atoms with van der Waals surface area (Å²) < 4.78 is 5.42. The molecule has 0 saturated carbocycles. The van der Waals surface area contributed by atoms with E-state index in [4.69, 9.17) is 4.74 Å². The molecular weight excluding hydrogens is 296 g/mol. The van der Waals surface area contributed by atoms with E-state index < -0.39 is 5.60 Å². The molecule has 23 heavy (non-hydrogen) atoms. The van der Waals surface area contributed by atoms with Crippen LogP contribution >= 0.6 is 0 Å². The monoisotopic (exact) mass is 318 g/mol. The van der Waals surface area contributed by atoms with Crippen LogP contribution in [0, 0.1) is 6.92 Å². The minimum absolute atomic E-state index is 0.0932. The Morgan fingerprint density at radius 2 is 2.35 bits per heavy atom. The van der Waals surface area contributed by atoms with Gasteiger partial charge in [0.25, 0.3) is 0 Å². The summed E-state index contributed by atoms with van der Waals surface area (Å²) in [5, 5.41) is 5.64. The lowest BCUT2D eigenvalue weighted by Crippen LogP contribution is -2.41. The largest absolute Gasteiger partial charge is 0.441 e. The first kappa shape index (κ1) is 15.6. The summed E-state index contributed by atoms with van der Waals surface area (Å²) in [6.07, 6.45) is 3.65. The molecule has 0 radical (unpaired) electrons. The number of rotatable bonds is 2. The molecule has 3 amide bonds. The van der Waals surface area contributed by atoms with Crippen molar-refractivity contribution in [2.75, 3.05) is 19.6 Å². The fourth-order valence-electron chi connectivity index (χ4n) is 3.13. The van der Waals surface area contributed by atoms with E-state index in [9.17, 15) is 9.59 Å². The smallest absolute Gasteiger partial charge is 0.407 e. The molecule has 0 bridgehead atoms. The van der Waals surface area contributed by atoms with Crippen LogP contribution in [0.3, 0.4) is 0 Å². The zero-order valence-corrected chi connectivity index (χ0v) is 13.3. The highest BCUT2D eigenvalue weighted by molar-refractivity contribution is 5.74. The van der Waals surface area contributed by atoms with Crippen LogP contribution in [-0.4, -0.2) is 47.2 Å². The van der Waals surface area contributed by atoms with Crippen LogP contribution in [0.1, 0.15) is 30.5 Å². The predicted octanol–water partition coefficient (Wildman–Crippen LogP) is 1.56. The molecule has 3 rings (SSSR count). The predicted molar refractivity (Wildman–Crippen MR) is 83.8 cm³/mol. The van der Waals surface area contributed by atoms with E-state index in [1.165, 1.54) is 0 Å². The Labute approximate surface area is 135 Å². The average molecular weight is 318 g/mol. The first-order valence-electron chi connectivity index (χ1n) is 7.98. The van der Waals surface area contributed by atoms with Crippen molar-refractivity contribution < 1.29 is 14.3 Å². The minimum Gasteiger partial charge on any atom is -0.441 e. The lowest BCUT2D eigenvalue weighted by Gasteiger charge is -2.25. The van der Waals surface area contributed by atoms with Crippen molar-refractivity contribution in [1.82, 2.24) is 20.5 Å². The third kappa shape index (κ3) is 3.55. The Balaban J connectivity index is 1.54. The molecule has 1 spiro atoms. The number of aromatic nitrogens is 1. The Kier molecular flexibility index (Phi) is 4.36. The summed E-state index contributed by atoms with van der Waals surface area (Å²) >= 11 is 0. The molecule has 2 aliphatic rings. The summed E-state index contributed by atoms with van der Waals surface area (Å²) in [6, 6.07) is 3.77. The number of nitrogens with zero attached hydrogens (tertiary/aromatic N) is 2. The van der Waals surface area contributed by atoms with E-state index in [0.717, 1.165) is 24.1 Å². The summed E-state index contributed by atoms with van der Waals surface area (Å²) in [7, 11) is 0. The molecule has 0 aliphatic carbocycles. The maximum Gasteiger partial charge on any atom is 0.407 e. The second-order valence-corrected chi connectivity index (χ2v) is 6.19. The van der Waals surface area contributed by atoms with Crippen molar-refractivity contribution in [3.63, 3.8) is 0 Å². The third-order valence-electron chi connectivity index (χ3n) is 4.57. The van der Waals surface area contributed by atoms with Gasteiger partial charge in [-0.3, -0.25) is 4.98 Å². The standard InChI is InChI=1S/C16H22N4O3/c1-12-4-2-7-17-13(12)10-18-14(21)20-8-3-5-16(6-9-20)11-19-15(22)23-16/h2,4,7H,3,5-6,8-11H2,1H3,(H,18,21)(H,19,22)/t16-/m1/s1. The van der Waals surface area contributed by atoms with Crippen molar-refractivity contribution >= 4 is 12.1 Å². The van der Waals surface area contributed by atoms with Crippen molar-refractivity contribution in [2.45, 2.75) is 38.3 Å². The van der Waals surface area contributed by atoms with E-state index >= 15 is 0 Å². The minimum atomic E-state index is -0.441. The van der Waals surface area contributed by atoms with Gasteiger partial charge in [-0.2, -0.15) is 0 Å². The second kappa shape index (κ2) is 6.44. The SMILES string of the molecule is Cc1cccnc1CNC(=O)N1CCC[C@@]2(CC1)CNC(=O)O2. The van der Waals surface area contributed by atoms with Gasteiger partial charge in [0.1, 0.15) is 5.60 Å². The molecule has 7 nitrogen and oxygen atoms in total. The van der Waals surface area contributed by atoms with Gasteiger partial charge in [-0.1, -0.05) is 6.07 Å². The first-order chi connectivity index (χ1) is 11.1. The average Bonchev–Trinajstić information content (AvgIpc) is 2.78. The van der Waals surface area contributed by atoms with Gasteiger partial charge in [0.2, 0.25) is 0 Å². The maximum absolute atomic E-state index is 12.4. The van der Waals surface area contributed by atoms with Gasteiger partial charge in [-0.05, 0) is 31.4 Å². The Morgan fingerprint density at radius 3 is 3.09 bits per heavy atom. The highest BCUT2D eigenvalue weighted by atomic mass is 16.6. The van der Waals surface area contributed by atoms with Crippen LogP contribution in [0.15, 0.2) is 18.3 Å². The molecule has 1 aromatic rings. The number of carbonyl (C=O) groups excluding carboxylic acids is 2. The van der Waals surface area contributed by atoms with Gasteiger partial charge < -0.3 is 20.3 Å². The third-order valence-corrected chi connectivity index (χ3v) is 4.57. The number of aryl methyl sites for hydroxylation is 1. The van der Waals surface area contributed by atoms with Gasteiger partial charge in [0.15, 0.2) is 0 Å². The molecule has 124 valence electrons. The molecule has 2 aliphatic heterocycles. The van der Waals surface area contributed by atoms with Crippen molar-refractivity contribution in [3.05, 3.63) is 29.6 Å². The fourth-order valence-corrected chi connectivity index (χ4v) is 3.13. The molecule has 1 atom stereocenters. The fraction of sp³-hybridized carbons (Fsp3) is 0.562. The van der Waals surface area contributed by atoms with E-state index in [0.29, 0.717) is 32.6 Å². The molecule has 7 heteroatoms.